The lowest BCUT2D eigenvalue weighted by atomic mass is 9.90. The van der Waals surface area contributed by atoms with Crippen molar-refractivity contribution in [2.45, 2.75) is 52.1 Å². The first-order valence-electron chi connectivity index (χ1n) is 12.3. The summed E-state index contributed by atoms with van der Waals surface area (Å²) in [4.78, 5) is 38.0. The number of rotatable bonds is 5. The van der Waals surface area contributed by atoms with Gasteiger partial charge in [0.25, 0.3) is 11.6 Å². The number of non-ortho nitro benzene ring substituents is 1. The summed E-state index contributed by atoms with van der Waals surface area (Å²) in [6.07, 6.45) is 2.15. The van der Waals surface area contributed by atoms with E-state index < -0.39 is 22.2 Å². The van der Waals surface area contributed by atoms with Crippen LogP contribution in [-0.4, -0.2) is 50.3 Å². The molecule has 38 heavy (non-hydrogen) atoms. The highest BCUT2D eigenvalue weighted by Gasteiger charge is 2.32. The van der Waals surface area contributed by atoms with E-state index in [4.69, 9.17) is 4.74 Å². The summed E-state index contributed by atoms with van der Waals surface area (Å²) in [5.74, 6) is -1.55. The molecule has 1 aliphatic rings. The number of hydrogen-bond acceptors (Lipinski definition) is 6. The SMILES string of the molecule is Cc1ccc(-n2ncc(C(=O)Nc3cc([N+](=O)[O-])ccc3F)c2C2CCN(C(=O)OC(C)(C)C)CC2)cc1. The normalized spacial score (nSPS) is 14.3. The van der Waals surface area contributed by atoms with Crippen molar-refractivity contribution in [1.29, 1.82) is 0 Å². The summed E-state index contributed by atoms with van der Waals surface area (Å²) in [5.41, 5.74) is 1.43. The maximum absolute atomic E-state index is 14.4. The molecule has 2 heterocycles. The van der Waals surface area contributed by atoms with Gasteiger partial charge in [-0.3, -0.25) is 14.9 Å². The van der Waals surface area contributed by atoms with Crippen LogP contribution in [0.15, 0.2) is 48.7 Å². The Bertz CT molecular complexity index is 1360. The van der Waals surface area contributed by atoms with E-state index in [-0.39, 0.29) is 28.9 Å². The number of aromatic nitrogens is 2. The molecule has 1 fully saturated rings. The minimum Gasteiger partial charge on any atom is -0.444 e. The number of nitro benzene ring substituents is 1. The van der Waals surface area contributed by atoms with E-state index in [1.54, 1.807) is 9.58 Å². The van der Waals surface area contributed by atoms with E-state index in [1.165, 1.54) is 6.20 Å². The molecule has 4 rings (SSSR count). The van der Waals surface area contributed by atoms with Gasteiger partial charge in [-0.05, 0) is 58.7 Å². The van der Waals surface area contributed by atoms with Gasteiger partial charge in [-0.1, -0.05) is 17.7 Å². The quantitative estimate of drug-likeness (QED) is 0.344. The van der Waals surface area contributed by atoms with Crippen LogP contribution in [0.2, 0.25) is 0 Å². The molecule has 0 aliphatic carbocycles. The van der Waals surface area contributed by atoms with E-state index in [9.17, 15) is 24.1 Å². The van der Waals surface area contributed by atoms with Gasteiger partial charge in [-0.2, -0.15) is 5.10 Å². The molecule has 0 spiro atoms. The van der Waals surface area contributed by atoms with Gasteiger partial charge in [-0.15, -0.1) is 0 Å². The lowest BCUT2D eigenvalue weighted by Gasteiger charge is -2.34. The minimum absolute atomic E-state index is 0.131. The van der Waals surface area contributed by atoms with Gasteiger partial charge >= 0.3 is 6.09 Å². The van der Waals surface area contributed by atoms with Crippen molar-refractivity contribution in [2.75, 3.05) is 18.4 Å². The molecule has 10 nitrogen and oxygen atoms in total. The first-order chi connectivity index (χ1) is 17.9. The lowest BCUT2D eigenvalue weighted by Crippen LogP contribution is -2.41. The van der Waals surface area contributed by atoms with Gasteiger partial charge in [0.1, 0.15) is 11.4 Å². The molecule has 0 radical (unpaired) electrons. The Labute approximate surface area is 219 Å². The fourth-order valence-corrected chi connectivity index (χ4v) is 4.39. The Hall–Kier alpha value is -4.28. The van der Waals surface area contributed by atoms with Crippen LogP contribution >= 0.6 is 0 Å². The van der Waals surface area contributed by atoms with E-state index in [2.05, 4.69) is 10.4 Å². The Morgan fingerprint density at radius 1 is 1.13 bits per heavy atom. The zero-order chi connectivity index (χ0) is 27.6. The average Bonchev–Trinajstić information content (AvgIpc) is 3.30. The number of nitrogens with one attached hydrogen (secondary N) is 1. The van der Waals surface area contributed by atoms with Crippen molar-refractivity contribution in [3.63, 3.8) is 0 Å². The fraction of sp³-hybridized carbons (Fsp3) is 0.370. The average molecular weight is 524 g/mol. The van der Waals surface area contributed by atoms with Crippen molar-refractivity contribution in [3.05, 3.63) is 81.4 Å². The van der Waals surface area contributed by atoms with Crippen molar-refractivity contribution < 1.29 is 23.6 Å². The molecule has 11 heteroatoms. The van der Waals surface area contributed by atoms with Gasteiger partial charge in [0.2, 0.25) is 0 Å². The first kappa shape index (κ1) is 26.8. The third kappa shape index (κ3) is 5.99. The van der Waals surface area contributed by atoms with E-state index >= 15 is 0 Å². The number of nitro groups is 1. The lowest BCUT2D eigenvalue weighted by molar-refractivity contribution is -0.384. The maximum Gasteiger partial charge on any atom is 0.410 e. The summed E-state index contributed by atoms with van der Waals surface area (Å²) in [5, 5.41) is 18.1. The summed E-state index contributed by atoms with van der Waals surface area (Å²) in [6.45, 7) is 8.26. The molecule has 2 aromatic carbocycles. The van der Waals surface area contributed by atoms with E-state index in [0.29, 0.717) is 31.6 Å². The Balaban J connectivity index is 1.64. The molecule has 1 aliphatic heterocycles. The van der Waals surface area contributed by atoms with Crippen LogP contribution in [0.4, 0.5) is 20.6 Å². The standard InChI is InChI=1S/C27H30FN5O5/c1-17-5-7-19(8-6-17)32-24(18-11-13-31(14-12-18)26(35)38-27(2,3)4)21(16-29-32)25(34)30-23-15-20(33(36)37)9-10-22(23)28/h5-10,15-16,18H,11-14H2,1-4H3,(H,30,34). The van der Waals surface area contributed by atoms with Crippen LogP contribution in [0.3, 0.4) is 0 Å². The summed E-state index contributed by atoms with van der Waals surface area (Å²) in [7, 11) is 0. The summed E-state index contributed by atoms with van der Waals surface area (Å²) < 4.78 is 21.6. The molecule has 0 bridgehead atoms. The second-order valence-corrected chi connectivity index (χ2v) is 10.3. The number of halogens is 1. The van der Waals surface area contributed by atoms with Gasteiger partial charge < -0.3 is 15.0 Å². The number of nitrogens with zero attached hydrogens (tertiary/aromatic N) is 4. The van der Waals surface area contributed by atoms with Crippen LogP contribution in [0.5, 0.6) is 0 Å². The van der Waals surface area contributed by atoms with Crippen LogP contribution in [0.25, 0.3) is 5.69 Å². The molecular formula is C27H30FN5O5. The number of likely N-dealkylation sites (tertiary alicyclic amines) is 1. The summed E-state index contributed by atoms with van der Waals surface area (Å²) >= 11 is 0. The van der Waals surface area contributed by atoms with Crippen molar-refractivity contribution in [2.24, 2.45) is 0 Å². The smallest absolute Gasteiger partial charge is 0.410 e. The predicted octanol–water partition coefficient (Wildman–Crippen LogP) is 5.59. The number of benzene rings is 2. The number of piperidine rings is 1. The van der Waals surface area contributed by atoms with Crippen LogP contribution in [0, 0.1) is 22.9 Å². The zero-order valence-electron chi connectivity index (χ0n) is 21.7. The fourth-order valence-electron chi connectivity index (χ4n) is 4.39. The minimum atomic E-state index is -0.790. The molecule has 0 saturated carbocycles. The highest BCUT2D eigenvalue weighted by Crippen LogP contribution is 2.33. The highest BCUT2D eigenvalue weighted by molar-refractivity contribution is 6.05. The van der Waals surface area contributed by atoms with Gasteiger partial charge in [0.15, 0.2) is 0 Å². The van der Waals surface area contributed by atoms with Crippen LogP contribution in [0.1, 0.15) is 61.1 Å². The molecular weight excluding hydrogens is 493 g/mol. The van der Waals surface area contributed by atoms with Crippen molar-refractivity contribution >= 4 is 23.4 Å². The number of ether oxygens (including phenoxy) is 1. The first-order valence-corrected chi connectivity index (χ1v) is 12.3. The van der Waals surface area contributed by atoms with Crippen LogP contribution < -0.4 is 5.32 Å². The third-order valence-electron chi connectivity index (χ3n) is 6.27. The van der Waals surface area contributed by atoms with E-state index in [1.807, 2.05) is 52.0 Å². The number of amides is 2. The zero-order valence-corrected chi connectivity index (χ0v) is 21.7. The maximum atomic E-state index is 14.4. The molecule has 0 unspecified atom stereocenters. The predicted molar refractivity (Wildman–Crippen MR) is 139 cm³/mol. The van der Waals surface area contributed by atoms with Crippen LogP contribution in [-0.2, 0) is 4.74 Å². The van der Waals surface area contributed by atoms with Crippen molar-refractivity contribution in [3.8, 4) is 5.69 Å². The molecule has 200 valence electrons. The number of aryl methyl sites for hydroxylation is 1. The van der Waals surface area contributed by atoms with Gasteiger partial charge in [0, 0.05) is 31.1 Å². The van der Waals surface area contributed by atoms with Gasteiger partial charge in [-0.25, -0.2) is 13.9 Å². The molecule has 1 saturated heterocycles. The number of carbonyl (C=O) groups excluding carboxylic acids is 2. The second kappa shape index (κ2) is 10.6. The van der Waals surface area contributed by atoms with Gasteiger partial charge in [0.05, 0.1) is 33.8 Å². The highest BCUT2D eigenvalue weighted by atomic mass is 19.1. The molecule has 1 N–H and O–H groups in total. The second-order valence-electron chi connectivity index (χ2n) is 10.3. The van der Waals surface area contributed by atoms with Crippen molar-refractivity contribution in [1.82, 2.24) is 14.7 Å². The number of hydrogen-bond donors (Lipinski definition) is 1. The Morgan fingerprint density at radius 2 is 1.79 bits per heavy atom. The molecule has 2 amide bonds. The molecule has 0 atom stereocenters. The topological polar surface area (TPSA) is 120 Å². The summed E-state index contributed by atoms with van der Waals surface area (Å²) in [6, 6.07) is 10.6. The molecule has 1 aromatic heterocycles. The Kier molecular flexibility index (Phi) is 7.47. The number of carbonyl (C=O) groups is 2. The monoisotopic (exact) mass is 523 g/mol. The largest absolute Gasteiger partial charge is 0.444 e. The Morgan fingerprint density at radius 3 is 2.39 bits per heavy atom. The molecule has 3 aromatic rings. The number of anilines is 1. The third-order valence-corrected chi connectivity index (χ3v) is 6.27. The van der Waals surface area contributed by atoms with E-state index in [0.717, 1.165) is 29.4 Å².